The molecular weight excluding hydrogens is 274 g/mol. The number of amides is 1. The van der Waals surface area contributed by atoms with Crippen molar-refractivity contribution in [1.82, 2.24) is 5.32 Å². The van der Waals surface area contributed by atoms with E-state index in [9.17, 15) is 4.79 Å². The van der Waals surface area contributed by atoms with Gasteiger partial charge in [-0.1, -0.05) is 35.9 Å². The summed E-state index contributed by atoms with van der Waals surface area (Å²) >= 11 is 0. The summed E-state index contributed by atoms with van der Waals surface area (Å²) < 4.78 is 5.13. The number of carbonyl (C=O) groups excluding carboxylic acids is 1. The lowest BCUT2D eigenvalue weighted by atomic mass is 10.0. The monoisotopic (exact) mass is 297 g/mol. The van der Waals surface area contributed by atoms with Gasteiger partial charge in [0.1, 0.15) is 5.75 Å². The second-order valence-corrected chi connectivity index (χ2v) is 5.55. The Morgan fingerprint density at radius 2 is 1.82 bits per heavy atom. The molecule has 0 spiro atoms. The minimum absolute atomic E-state index is 0.0715. The fourth-order valence-corrected chi connectivity index (χ4v) is 2.36. The molecule has 0 aliphatic carbocycles. The van der Waals surface area contributed by atoms with Gasteiger partial charge in [-0.05, 0) is 49.1 Å². The first kappa shape index (κ1) is 16.1. The molecule has 0 radical (unpaired) electrons. The molecule has 2 rings (SSSR count). The lowest BCUT2D eigenvalue weighted by molar-refractivity contribution is -0.120. The molecule has 0 aliphatic rings. The summed E-state index contributed by atoms with van der Waals surface area (Å²) in [4.78, 5) is 12.0. The molecule has 0 aliphatic heterocycles. The van der Waals surface area contributed by atoms with Gasteiger partial charge in [0.25, 0.3) is 0 Å². The van der Waals surface area contributed by atoms with Gasteiger partial charge in [0.2, 0.25) is 5.91 Å². The molecule has 1 N–H and O–H groups in total. The molecule has 0 saturated carbocycles. The maximum absolute atomic E-state index is 12.0. The maximum Gasteiger partial charge on any atom is 0.224 e. The third kappa shape index (κ3) is 4.62. The third-order valence-corrected chi connectivity index (χ3v) is 3.75. The first-order valence-corrected chi connectivity index (χ1v) is 7.54. The van der Waals surface area contributed by atoms with Crippen LogP contribution in [0.25, 0.3) is 0 Å². The van der Waals surface area contributed by atoms with Crippen LogP contribution in [0, 0.1) is 13.8 Å². The molecule has 0 atom stereocenters. The second kappa shape index (κ2) is 7.64. The molecule has 1 amide bonds. The van der Waals surface area contributed by atoms with Gasteiger partial charge in [0.15, 0.2) is 0 Å². The van der Waals surface area contributed by atoms with Gasteiger partial charge < -0.3 is 10.1 Å². The number of benzene rings is 2. The van der Waals surface area contributed by atoms with Crippen LogP contribution in [0.3, 0.4) is 0 Å². The number of methoxy groups -OCH3 is 1. The average Bonchev–Trinajstić information content (AvgIpc) is 2.51. The quantitative estimate of drug-likeness (QED) is 0.889. The van der Waals surface area contributed by atoms with Crippen molar-refractivity contribution in [2.24, 2.45) is 0 Å². The number of rotatable bonds is 6. The van der Waals surface area contributed by atoms with E-state index in [-0.39, 0.29) is 5.91 Å². The Morgan fingerprint density at radius 1 is 1.09 bits per heavy atom. The molecular formula is C19H23NO2. The maximum atomic E-state index is 12.0. The fraction of sp³-hybridized carbons (Fsp3) is 0.316. The smallest absolute Gasteiger partial charge is 0.224 e. The summed E-state index contributed by atoms with van der Waals surface area (Å²) in [6.45, 7) is 4.74. The summed E-state index contributed by atoms with van der Waals surface area (Å²) in [5.74, 6) is 0.921. The van der Waals surface area contributed by atoms with Gasteiger partial charge in [-0.15, -0.1) is 0 Å². The van der Waals surface area contributed by atoms with E-state index >= 15 is 0 Å². The molecule has 0 saturated heterocycles. The van der Waals surface area contributed by atoms with E-state index < -0.39 is 0 Å². The first-order valence-electron chi connectivity index (χ1n) is 7.54. The Hall–Kier alpha value is -2.29. The molecule has 0 heterocycles. The van der Waals surface area contributed by atoms with Crippen molar-refractivity contribution in [3.63, 3.8) is 0 Å². The molecule has 2 aromatic rings. The Morgan fingerprint density at radius 3 is 2.50 bits per heavy atom. The van der Waals surface area contributed by atoms with Gasteiger partial charge >= 0.3 is 0 Å². The molecule has 2 aromatic carbocycles. The molecule has 0 unspecified atom stereocenters. The van der Waals surface area contributed by atoms with Crippen molar-refractivity contribution in [2.75, 3.05) is 13.7 Å². The van der Waals surface area contributed by atoms with Crippen molar-refractivity contribution in [3.8, 4) is 5.75 Å². The highest BCUT2D eigenvalue weighted by Gasteiger charge is 2.06. The summed E-state index contributed by atoms with van der Waals surface area (Å²) in [6, 6.07) is 14.1. The molecule has 22 heavy (non-hydrogen) atoms. The van der Waals surface area contributed by atoms with E-state index in [2.05, 4.69) is 23.5 Å². The zero-order chi connectivity index (χ0) is 15.9. The summed E-state index contributed by atoms with van der Waals surface area (Å²) in [5.41, 5.74) is 4.64. The van der Waals surface area contributed by atoms with E-state index in [1.165, 1.54) is 11.1 Å². The Kier molecular flexibility index (Phi) is 5.59. The van der Waals surface area contributed by atoms with Gasteiger partial charge in [-0.25, -0.2) is 0 Å². The highest BCUT2D eigenvalue weighted by Crippen LogP contribution is 2.12. The highest BCUT2D eigenvalue weighted by molar-refractivity contribution is 5.79. The summed E-state index contributed by atoms with van der Waals surface area (Å²) in [5, 5.41) is 2.98. The average molecular weight is 297 g/mol. The fourth-order valence-electron chi connectivity index (χ4n) is 2.36. The van der Waals surface area contributed by atoms with Crippen molar-refractivity contribution >= 4 is 5.91 Å². The number of ether oxygens (including phenoxy) is 1. The van der Waals surface area contributed by atoms with E-state index in [1.54, 1.807) is 7.11 Å². The van der Waals surface area contributed by atoms with Gasteiger partial charge in [0, 0.05) is 6.54 Å². The van der Waals surface area contributed by atoms with Crippen LogP contribution in [-0.2, 0) is 17.6 Å². The zero-order valence-electron chi connectivity index (χ0n) is 13.5. The normalized spacial score (nSPS) is 10.3. The predicted molar refractivity (Wildman–Crippen MR) is 89.3 cm³/mol. The van der Waals surface area contributed by atoms with Gasteiger partial charge in [0.05, 0.1) is 13.5 Å². The molecule has 0 fully saturated rings. The Labute approximate surface area is 132 Å². The van der Waals surface area contributed by atoms with Crippen molar-refractivity contribution < 1.29 is 9.53 Å². The van der Waals surface area contributed by atoms with E-state index in [1.807, 2.05) is 38.1 Å². The van der Waals surface area contributed by atoms with Crippen LogP contribution < -0.4 is 10.1 Å². The molecule has 3 nitrogen and oxygen atoms in total. The Balaban J connectivity index is 1.81. The lowest BCUT2D eigenvalue weighted by Gasteiger charge is -2.09. The number of hydrogen-bond acceptors (Lipinski definition) is 2. The van der Waals surface area contributed by atoms with Gasteiger partial charge in [-0.3, -0.25) is 4.79 Å². The van der Waals surface area contributed by atoms with E-state index in [0.29, 0.717) is 13.0 Å². The van der Waals surface area contributed by atoms with Crippen LogP contribution >= 0.6 is 0 Å². The van der Waals surface area contributed by atoms with Crippen molar-refractivity contribution in [2.45, 2.75) is 26.7 Å². The van der Waals surface area contributed by atoms with E-state index in [0.717, 1.165) is 23.3 Å². The third-order valence-electron chi connectivity index (χ3n) is 3.75. The number of carbonyl (C=O) groups is 1. The SMILES string of the molecule is COc1ccc(CCNC(=O)Cc2cc(C)ccc2C)cc1. The van der Waals surface area contributed by atoms with E-state index in [4.69, 9.17) is 4.74 Å². The number of aryl methyl sites for hydroxylation is 2. The summed E-state index contributed by atoms with van der Waals surface area (Å²) in [7, 11) is 1.66. The van der Waals surface area contributed by atoms with Crippen LogP contribution in [0.1, 0.15) is 22.3 Å². The minimum atomic E-state index is 0.0715. The van der Waals surface area contributed by atoms with Crippen LogP contribution in [0.4, 0.5) is 0 Å². The van der Waals surface area contributed by atoms with Crippen molar-refractivity contribution in [1.29, 1.82) is 0 Å². The number of nitrogens with one attached hydrogen (secondary N) is 1. The largest absolute Gasteiger partial charge is 0.497 e. The van der Waals surface area contributed by atoms with Gasteiger partial charge in [-0.2, -0.15) is 0 Å². The number of hydrogen-bond donors (Lipinski definition) is 1. The highest BCUT2D eigenvalue weighted by atomic mass is 16.5. The topological polar surface area (TPSA) is 38.3 Å². The molecule has 3 heteroatoms. The molecule has 0 bridgehead atoms. The van der Waals surface area contributed by atoms with Crippen LogP contribution in [0.5, 0.6) is 5.75 Å². The standard InChI is InChI=1S/C19H23NO2/c1-14-4-5-15(2)17(12-14)13-19(21)20-11-10-16-6-8-18(22-3)9-7-16/h4-9,12H,10-11,13H2,1-3H3,(H,20,21). The second-order valence-electron chi connectivity index (χ2n) is 5.55. The zero-order valence-corrected chi connectivity index (χ0v) is 13.5. The Bertz CT molecular complexity index is 632. The predicted octanol–water partition coefficient (Wildman–Crippen LogP) is 3.21. The molecule has 116 valence electrons. The van der Waals surface area contributed by atoms with Crippen LogP contribution in [-0.4, -0.2) is 19.6 Å². The minimum Gasteiger partial charge on any atom is -0.497 e. The van der Waals surface area contributed by atoms with Crippen LogP contribution in [0.2, 0.25) is 0 Å². The summed E-state index contributed by atoms with van der Waals surface area (Å²) in [6.07, 6.45) is 1.26. The molecule has 0 aromatic heterocycles. The first-order chi connectivity index (χ1) is 10.6. The lowest BCUT2D eigenvalue weighted by Crippen LogP contribution is -2.27. The van der Waals surface area contributed by atoms with Crippen molar-refractivity contribution in [3.05, 3.63) is 64.7 Å². The van der Waals surface area contributed by atoms with Crippen LogP contribution in [0.15, 0.2) is 42.5 Å².